The van der Waals surface area contributed by atoms with Crippen LogP contribution in [0, 0.1) is 90.3 Å². The number of nitrogens with zero attached hydrogens (tertiary/aromatic N) is 2. The molecule has 0 radical (unpaired) electrons. The summed E-state index contributed by atoms with van der Waals surface area (Å²) in [7, 11) is -4.33. The average molecular weight is 1670 g/mol. The second kappa shape index (κ2) is 30.9. The van der Waals surface area contributed by atoms with Gasteiger partial charge in [-0.05, 0) is 212 Å². The molecule has 0 aromatic heterocycles. The van der Waals surface area contributed by atoms with E-state index >= 15 is 0 Å². The Bertz CT molecular complexity index is 1270. The fourth-order valence-electron chi connectivity index (χ4n) is 16.0. The van der Waals surface area contributed by atoms with E-state index in [1.807, 2.05) is 0 Å². The fraction of sp³-hybridized carbons (Fsp3) is 0.977. The van der Waals surface area contributed by atoms with Gasteiger partial charge in [-0.25, -0.2) is 0 Å². The minimum absolute atomic E-state index is 0. The fourth-order valence-corrected chi connectivity index (χ4v) is 24.7. The molecule has 8 atom stereocenters. The first-order valence-electron chi connectivity index (χ1n) is 22.4. The van der Waals surface area contributed by atoms with E-state index < -0.39 is 39.7 Å². The van der Waals surface area contributed by atoms with E-state index in [9.17, 15) is 0 Å². The van der Waals surface area contributed by atoms with Gasteiger partial charge in [-0.1, -0.05) is 55.4 Å². The van der Waals surface area contributed by atoms with Crippen molar-refractivity contribution in [3.8, 4) is 0 Å². The molecule has 10 saturated carbocycles. The molecule has 0 amide bonds. The largest absolute Gasteiger partial charge is 1.00 e. The van der Waals surface area contributed by atoms with Crippen molar-refractivity contribution in [1.29, 1.82) is 0 Å². The average Bonchev–Trinajstić information content (AvgIpc) is 3.35. The van der Waals surface area contributed by atoms with Gasteiger partial charge in [0.25, 0.3) is 0 Å². The number of alkyl halides is 2. The van der Waals surface area contributed by atoms with Gasteiger partial charge in [-0.2, -0.15) is 0 Å². The molecule has 10 rings (SSSR count). The number of halogens is 10. The van der Waals surface area contributed by atoms with E-state index in [4.69, 9.17) is 32.7 Å². The molecule has 0 N–H and O–H groups in total. The second-order valence-corrected chi connectivity index (χ2v) is 132. The number of hydrogen-bond donors (Lipinski definition) is 0. The molecule has 10 aliphatic rings. The molecular formula is C44H81Br8Cl2K2N2P2Zr2. The van der Waals surface area contributed by atoms with Gasteiger partial charge >= 0.3 is 214 Å². The Morgan fingerprint density at radius 1 is 0.484 bits per heavy atom. The summed E-state index contributed by atoms with van der Waals surface area (Å²) in [5, 5.41) is 0.194. The Morgan fingerprint density at radius 3 is 0.774 bits per heavy atom. The quantitative estimate of drug-likeness (QED) is 0.116. The Balaban J connectivity index is 0.000000908. The van der Waals surface area contributed by atoms with E-state index in [1.165, 1.54) is 77.0 Å². The van der Waals surface area contributed by atoms with Crippen molar-refractivity contribution in [2.75, 3.05) is 32.0 Å². The van der Waals surface area contributed by atoms with Crippen molar-refractivity contribution in [3.05, 3.63) is 7.43 Å². The van der Waals surface area contributed by atoms with Gasteiger partial charge in [0, 0.05) is 0 Å². The van der Waals surface area contributed by atoms with Crippen molar-refractivity contribution in [3.63, 3.8) is 0 Å². The van der Waals surface area contributed by atoms with Crippen LogP contribution in [0.1, 0.15) is 132 Å². The number of hydrogen-bond acceptors (Lipinski definition) is 2. The van der Waals surface area contributed by atoms with Gasteiger partial charge in [0.05, 0.1) is 16.4 Å². The molecule has 0 aliphatic heterocycles. The second-order valence-electron chi connectivity index (χ2n) is 22.0. The van der Waals surface area contributed by atoms with E-state index in [2.05, 4.69) is 168 Å². The first-order valence-corrected chi connectivity index (χ1v) is 68.3. The van der Waals surface area contributed by atoms with E-state index in [-0.39, 0.29) is 133 Å². The smallest absolute Gasteiger partial charge is 0.358 e. The summed E-state index contributed by atoms with van der Waals surface area (Å²) >= 11 is 31.7. The Morgan fingerprint density at radius 2 is 0.629 bits per heavy atom. The van der Waals surface area contributed by atoms with Crippen LogP contribution < -0.4 is 120 Å². The first-order chi connectivity index (χ1) is 26.6. The van der Waals surface area contributed by atoms with Gasteiger partial charge in [-0.15, -0.1) is 23.2 Å². The normalized spacial score (nSPS) is 42.8. The zero-order valence-electron chi connectivity index (χ0n) is 41.0. The summed E-state index contributed by atoms with van der Waals surface area (Å²) in [6, 6.07) is 0. The molecule has 10 aliphatic carbocycles. The minimum atomic E-state index is -1.93. The van der Waals surface area contributed by atoms with Crippen molar-refractivity contribution in [2.45, 2.75) is 155 Å². The van der Waals surface area contributed by atoms with Crippen LogP contribution in [0.15, 0.2) is 9.49 Å². The van der Waals surface area contributed by atoms with Gasteiger partial charge in [0.1, 0.15) is 0 Å². The van der Waals surface area contributed by atoms with Crippen molar-refractivity contribution >= 4 is 123 Å². The third kappa shape index (κ3) is 20.3. The summed E-state index contributed by atoms with van der Waals surface area (Å²) in [6.07, 6.45) is 17.9. The summed E-state index contributed by atoms with van der Waals surface area (Å²) in [5.41, 5.74) is 2.59. The molecule has 0 spiro atoms. The van der Waals surface area contributed by atoms with Crippen molar-refractivity contribution in [2.24, 2.45) is 92.3 Å². The van der Waals surface area contributed by atoms with E-state index in [1.54, 1.807) is 0 Å². The summed E-state index contributed by atoms with van der Waals surface area (Å²) in [4.78, 5) is 0. The summed E-state index contributed by atoms with van der Waals surface area (Å²) in [5.74, 6) is 13.1. The predicted molar refractivity (Wildman–Crippen MR) is 291 cm³/mol. The monoisotopic (exact) mass is 1660 g/mol. The summed E-state index contributed by atoms with van der Waals surface area (Å²) < 4.78 is 11.7. The van der Waals surface area contributed by atoms with Gasteiger partial charge in [0.15, 0.2) is 0 Å². The summed E-state index contributed by atoms with van der Waals surface area (Å²) in [6.45, 7) is 30.5. The zero-order valence-corrected chi connectivity index (χ0v) is 68.1. The van der Waals surface area contributed by atoms with Crippen LogP contribution in [0.25, 0.3) is 0 Å². The molecule has 0 aromatic rings. The van der Waals surface area contributed by atoms with Crippen LogP contribution in [-0.2, 0) is 25.6 Å². The van der Waals surface area contributed by atoms with Gasteiger partial charge < -0.3 is 24.4 Å². The van der Waals surface area contributed by atoms with Crippen LogP contribution in [0.5, 0.6) is 0 Å². The third-order valence-electron chi connectivity index (χ3n) is 17.5. The van der Waals surface area contributed by atoms with Crippen molar-refractivity contribution < 1.29 is 145 Å². The molecule has 10 fully saturated rings. The van der Waals surface area contributed by atoms with Gasteiger partial charge in [-0.3, -0.25) is 9.49 Å². The van der Waals surface area contributed by atoms with E-state index in [0.29, 0.717) is 11.1 Å². The van der Waals surface area contributed by atoms with Crippen LogP contribution >= 0.6 is 123 Å². The maximum absolute atomic E-state index is 5.86. The first kappa shape index (κ1) is 71.9. The molecule has 0 heterocycles. The molecule has 357 valence electrons. The maximum Gasteiger partial charge on any atom is 1.00 e. The standard InChI is InChI=1S/2C21H38NP.CH2Cl2.CH3.8BrH.2K.2Zr/c2*1-13-14(2)16(4)20(15(13)3)23(5,6)22-21-10-17-7-18(11-21)9-19(8-17)12-21;2-1-3;;;;;;;;;;;;;/h2*13-20H,7-12H2,1-6H3;1H2;1H3;8*1H;;;;/q;;;-1;;;;;;;;;2*+1;+3;+4/p-8. The molecular weight excluding hydrogens is 1590 g/mol. The van der Waals surface area contributed by atoms with Crippen LogP contribution in [-0.4, -0.2) is 54.4 Å². The minimum Gasteiger partial charge on any atom is -0.358 e. The SMILES string of the molecule is CC1C(C)C(C)C(P(C)(C)=NC23CC4CC(CC(C4)C2)C3)C1C.CC1C(C)C(C)C(P(C)(C)=NC23CC4CC(CC(C4)C2)C3)C1C.ClCCl.[Br-].[Br][Zr]([Br])([Br])[Br].[Br][Zr]([Br])[Br].[CH3-].[K+].[K+]. The Hall–Kier alpha value is 9.92. The molecule has 8 unspecified atom stereocenters. The Kier molecular flexibility index (Phi) is 35.8. The topological polar surface area (TPSA) is 24.7 Å². The van der Waals surface area contributed by atoms with Crippen LogP contribution in [0.3, 0.4) is 0 Å². The third-order valence-corrected chi connectivity index (χ3v) is 24.2. The van der Waals surface area contributed by atoms with Gasteiger partial charge in [0.2, 0.25) is 0 Å². The molecule has 8 bridgehead atoms. The molecule has 62 heavy (non-hydrogen) atoms. The predicted octanol–water partition coefficient (Wildman–Crippen LogP) is 11.5. The van der Waals surface area contributed by atoms with Crippen LogP contribution in [0.2, 0.25) is 0 Å². The van der Waals surface area contributed by atoms with E-state index in [0.717, 1.165) is 94.2 Å². The number of rotatable bonds is 4. The molecule has 2 nitrogen and oxygen atoms in total. The van der Waals surface area contributed by atoms with Crippen LogP contribution in [0.4, 0.5) is 0 Å². The van der Waals surface area contributed by atoms with Crippen molar-refractivity contribution in [1.82, 2.24) is 0 Å². The maximum atomic E-state index is 5.86. The molecule has 18 heteroatoms. The Labute approximate surface area is 542 Å². The molecule has 0 saturated heterocycles. The molecule has 0 aromatic carbocycles. The zero-order chi connectivity index (χ0) is 43.9.